The quantitative estimate of drug-likeness (QED) is 0.397. The Bertz CT molecular complexity index is 1240. The van der Waals surface area contributed by atoms with Gasteiger partial charge in [-0.3, -0.25) is 9.59 Å². The summed E-state index contributed by atoms with van der Waals surface area (Å²) in [6.45, 7) is 4.88. The Morgan fingerprint density at radius 3 is 2.35 bits per heavy atom. The van der Waals surface area contributed by atoms with Gasteiger partial charge in [-0.2, -0.15) is 0 Å². The van der Waals surface area contributed by atoms with Crippen LogP contribution in [0.3, 0.4) is 0 Å². The molecule has 1 aliphatic rings. The molecule has 0 spiro atoms. The molecule has 37 heavy (non-hydrogen) atoms. The van der Waals surface area contributed by atoms with Gasteiger partial charge in [-0.05, 0) is 61.2 Å². The second-order valence-electron chi connectivity index (χ2n) is 9.67. The van der Waals surface area contributed by atoms with E-state index in [-0.39, 0.29) is 23.7 Å². The van der Waals surface area contributed by atoms with Crippen LogP contribution >= 0.6 is 23.2 Å². The number of nitrogens with zero attached hydrogens (tertiary/aromatic N) is 1. The SMILES string of the molecule is CC[C@H](CNS(=O)(=O)CC)N1C(=O)[C@](C)(CC(=O)O)C[C@@H](c2cc(F)cc(Cl)c2)[C@@H]1c1ccc(Cl)cc1. The Labute approximate surface area is 227 Å². The summed E-state index contributed by atoms with van der Waals surface area (Å²) in [6.07, 6.45) is 0.0764. The van der Waals surface area contributed by atoms with Crippen LogP contribution in [0.5, 0.6) is 0 Å². The van der Waals surface area contributed by atoms with E-state index >= 15 is 0 Å². The third kappa shape index (κ3) is 6.82. The van der Waals surface area contributed by atoms with Crippen LogP contribution in [0.4, 0.5) is 4.39 Å². The van der Waals surface area contributed by atoms with Gasteiger partial charge in [0, 0.05) is 28.5 Å². The molecule has 4 atom stereocenters. The predicted molar refractivity (Wildman–Crippen MR) is 142 cm³/mol. The second-order valence-corrected chi connectivity index (χ2v) is 12.6. The van der Waals surface area contributed by atoms with Gasteiger partial charge in [-0.15, -0.1) is 0 Å². The van der Waals surface area contributed by atoms with Gasteiger partial charge in [0.05, 0.1) is 23.6 Å². The average molecular weight is 574 g/mol. The number of carbonyl (C=O) groups is 2. The number of hydrogen-bond donors (Lipinski definition) is 2. The average Bonchev–Trinajstić information content (AvgIpc) is 2.81. The van der Waals surface area contributed by atoms with Crippen molar-refractivity contribution in [3.8, 4) is 0 Å². The molecule has 0 aliphatic carbocycles. The van der Waals surface area contributed by atoms with Crippen LogP contribution in [0, 0.1) is 11.2 Å². The summed E-state index contributed by atoms with van der Waals surface area (Å²) in [6, 6.07) is 9.79. The molecule has 1 heterocycles. The molecule has 2 aromatic carbocycles. The highest BCUT2D eigenvalue weighted by molar-refractivity contribution is 7.89. The van der Waals surface area contributed by atoms with Gasteiger partial charge in [0.25, 0.3) is 0 Å². The van der Waals surface area contributed by atoms with Gasteiger partial charge in [0.2, 0.25) is 15.9 Å². The number of piperidine rings is 1. The van der Waals surface area contributed by atoms with E-state index in [2.05, 4.69) is 4.72 Å². The molecule has 2 N–H and O–H groups in total. The smallest absolute Gasteiger partial charge is 0.304 e. The van der Waals surface area contributed by atoms with E-state index in [9.17, 15) is 27.5 Å². The van der Waals surface area contributed by atoms with Crippen molar-refractivity contribution in [1.29, 1.82) is 0 Å². The number of nitrogens with one attached hydrogen (secondary N) is 1. The van der Waals surface area contributed by atoms with Crippen LogP contribution in [-0.2, 0) is 19.6 Å². The number of carboxylic acids is 1. The molecule has 0 aromatic heterocycles. The van der Waals surface area contributed by atoms with E-state index in [1.807, 2.05) is 6.92 Å². The highest BCUT2D eigenvalue weighted by Crippen LogP contribution is 2.52. The van der Waals surface area contributed by atoms with E-state index < -0.39 is 57.6 Å². The van der Waals surface area contributed by atoms with Crippen LogP contribution in [0.2, 0.25) is 10.0 Å². The fourth-order valence-corrected chi connectivity index (χ4v) is 6.10. The van der Waals surface area contributed by atoms with Crippen LogP contribution in [0.15, 0.2) is 42.5 Å². The summed E-state index contributed by atoms with van der Waals surface area (Å²) < 4.78 is 41.6. The standard InChI is InChI=1S/C26H31Cl2FN2O5S/c1-4-21(15-30-37(35,36)5-2)31-24(16-6-8-18(27)9-7-16)22(17-10-19(28)12-20(29)11-17)13-26(3,25(31)34)14-23(32)33/h6-12,21-22,24,30H,4-5,13-15H2,1-3H3,(H,32,33)/t21-,22+,24+,26+/m1/s1. The summed E-state index contributed by atoms with van der Waals surface area (Å²) in [5, 5.41) is 10.3. The zero-order valence-electron chi connectivity index (χ0n) is 20.9. The number of halogens is 3. The third-order valence-corrected chi connectivity index (χ3v) is 8.79. The summed E-state index contributed by atoms with van der Waals surface area (Å²) in [5.41, 5.74) is -0.102. The van der Waals surface area contributed by atoms with Crippen molar-refractivity contribution in [3.05, 3.63) is 69.5 Å². The summed E-state index contributed by atoms with van der Waals surface area (Å²) >= 11 is 12.3. The Morgan fingerprint density at radius 1 is 1.16 bits per heavy atom. The number of carbonyl (C=O) groups excluding carboxylic acids is 1. The van der Waals surface area contributed by atoms with Crippen molar-refractivity contribution in [2.75, 3.05) is 12.3 Å². The number of aliphatic carboxylic acids is 1. The summed E-state index contributed by atoms with van der Waals surface area (Å²) in [7, 11) is -3.56. The fourth-order valence-electron chi connectivity index (χ4n) is 5.10. The number of likely N-dealkylation sites (tertiary alicyclic amines) is 1. The van der Waals surface area contributed by atoms with E-state index in [1.165, 1.54) is 19.1 Å². The lowest BCUT2D eigenvalue weighted by atomic mass is 9.67. The van der Waals surface area contributed by atoms with Crippen molar-refractivity contribution >= 4 is 45.1 Å². The van der Waals surface area contributed by atoms with E-state index in [0.29, 0.717) is 22.6 Å². The number of benzene rings is 2. The molecule has 1 aliphatic heterocycles. The molecule has 0 bridgehead atoms. The predicted octanol–water partition coefficient (Wildman–Crippen LogP) is 5.39. The number of sulfonamides is 1. The molecular formula is C26H31Cl2FN2O5S. The maximum absolute atomic E-state index is 14.5. The highest BCUT2D eigenvalue weighted by atomic mass is 35.5. The lowest BCUT2D eigenvalue weighted by Gasteiger charge is -2.52. The first-order chi connectivity index (χ1) is 17.3. The molecule has 2 aromatic rings. The third-order valence-electron chi connectivity index (χ3n) is 6.95. The maximum atomic E-state index is 14.5. The van der Waals surface area contributed by atoms with Crippen LogP contribution in [-0.4, -0.2) is 48.6 Å². The molecule has 3 rings (SSSR count). The molecule has 1 saturated heterocycles. The van der Waals surface area contributed by atoms with E-state index in [0.717, 1.165) is 0 Å². The van der Waals surface area contributed by atoms with Crippen molar-refractivity contribution < 1.29 is 27.5 Å². The van der Waals surface area contributed by atoms with Crippen molar-refractivity contribution in [3.63, 3.8) is 0 Å². The number of carboxylic acid groups (broad SMARTS) is 1. The molecule has 0 saturated carbocycles. The van der Waals surface area contributed by atoms with Crippen LogP contribution < -0.4 is 4.72 Å². The first-order valence-corrected chi connectivity index (χ1v) is 14.4. The van der Waals surface area contributed by atoms with Crippen molar-refractivity contribution in [1.82, 2.24) is 9.62 Å². The van der Waals surface area contributed by atoms with E-state index in [4.69, 9.17) is 23.2 Å². The minimum absolute atomic E-state index is 0.0533. The first kappa shape index (κ1) is 29.4. The Balaban J connectivity index is 2.24. The van der Waals surface area contributed by atoms with E-state index in [1.54, 1.807) is 42.2 Å². The van der Waals surface area contributed by atoms with Crippen molar-refractivity contribution in [2.45, 2.75) is 58.0 Å². The minimum Gasteiger partial charge on any atom is -0.481 e. The lowest BCUT2D eigenvalue weighted by molar-refractivity contribution is -0.160. The molecular weight excluding hydrogens is 542 g/mol. The second kappa shape index (κ2) is 11.7. The first-order valence-electron chi connectivity index (χ1n) is 12.0. The molecule has 0 unspecified atom stereocenters. The van der Waals surface area contributed by atoms with Crippen LogP contribution in [0.25, 0.3) is 0 Å². The maximum Gasteiger partial charge on any atom is 0.304 e. The molecule has 202 valence electrons. The number of amides is 1. The number of rotatable bonds is 10. The summed E-state index contributed by atoms with van der Waals surface area (Å²) in [5.74, 6) is -2.76. The topological polar surface area (TPSA) is 104 Å². The molecule has 1 fully saturated rings. The van der Waals surface area contributed by atoms with Gasteiger partial charge in [0.1, 0.15) is 5.82 Å². The zero-order chi connectivity index (χ0) is 27.5. The summed E-state index contributed by atoms with van der Waals surface area (Å²) in [4.78, 5) is 27.5. The molecule has 0 radical (unpaired) electrons. The monoisotopic (exact) mass is 572 g/mol. The fraction of sp³-hybridized carbons (Fsp3) is 0.462. The molecule has 7 nitrogen and oxygen atoms in total. The molecule has 11 heteroatoms. The number of hydrogen-bond acceptors (Lipinski definition) is 4. The Hall–Kier alpha value is -2.20. The Morgan fingerprint density at radius 2 is 1.81 bits per heavy atom. The van der Waals surface area contributed by atoms with Crippen LogP contribution in [0.1, 0.15) is 63.1 Å². The zero-order valence-corrected chi connectivity index (χ0v) is 23.2. The van der Waals surface area contributed by atoms with Gasteiger partial charge in [-0.1, -0.05) is 49.2 Å². The van der Waals surface area contributed by atoms with Gasteiger partial charge >= 0.3 is 5.97 Å². The Kier molecular flexibility index (Phi) is 9.27. The van der Waals surface area contributed by atoms with Gasteiger partial charge in [-0.25, -0.2) is 17.5 Å². The lowest BCUT2D eigenvalue weighted by Crippen LogP contribution is -2.58. The molecule has 1 amide bonds. The minimum atomic E-state index is -3.56. The normalized spacial score (nSPS) is 23.2. The highest BCUT2D eigenvalue weighted by Gasteiger charge is 2.52. The van der Waals surface area contributed by atoms with Crippen molar-refractivity contribution in [2.24, 2.45) is 5.41 Å². The van der Waals surface area contributed by atoms with Gasteiger partial charge in [0.15, 0.2) is 0 Å². The van der Waals surface area contributed by atoms with Gasteiger partial charge < -0.3 is 10.0 Å². The largest absolute Gasteiger partial charge is 0.481 e.